The molecule has 2 saturated heterocycles. The van der Waals surface area contributed by atoms with E-state index in [9.17, 15) is 9.90 Å². The van der Waals surface area contributed by atoms with Crippen molar-refractivity contribution in [1.82, 2.24) is 9.80 Å². The molecule has 2 heterocycles. The van der Waals surface area contributed by atoms with Crippen LogP contribution in [0.25, 0.3) is 0 Å². The number of hydrogen-bond donors (Lipinski definition) is 1. The monoisotopic (exact) mass is 310 g/mol. The van der Waals surface area contributed by atoms with E-state index < -0.39 is 6.10 Å². The molecule has 5 nitrogen and oxygen atoms in total. The van der Waals surface area contributed by atoms with Gasteiger partial charge in [0.25, 0.3) is 0 Å². The molecule has 1 saturated carbocycles. The van der Waals surface area contributed by atoms with Gasteiger partial charge in [-0.2, -0.15) is 0 Å². The quantitative estimate of drug-likeness (QED) is 0.772. The number of carbonyl (C=O) groups excluding carboxylic acids is 1. The number of aliphatic hydroxyl groups is 1. The minimum Gasteiger partial charge on any atom is -0.390 e. The zero-order valence-electron chi connectivity index (χ0n) is 13.6. The van der Waals surface area contributed by atoms with Gasteiger partial charge < -0.3 is 14.7 Å². The van der Waals surface area contributed by atoms with Crippen molar-refractivity contribution < 1.29 is 14.6 Å². The Morgan fingerprint density at radius 1 is 1.23 bits per heavy atom. The minimum atomic E-state index is -0.441. The highest BCUT2D eigenvalue weighted by molar-refractivity contribution is 5.78. The number of rotatable bonds is 7. The third-order valence-corrected chi connectivity index (χ3v) is 5.35. The summed E-state index contributed by atoms with van der Waals surface area (Å²) in [6.07, 6.45) is 8.86. The van der Waals surface area contributed by atoms with Crippen LogP contribution in [0.3, 0.4) is 0 Å². The molecule has 3 aliphatic rings. The second-order valence-electron chi connectivity index (χ2n) is 7.12. The number of nitrogens with zero attached hydrogens (tertiary/aromatic N) is 2. The van der Waals surface area contributed by atoms with Gasteiger partial charge >= 0.3 is 0 Å². The first-order valence-electron chi connectivity index (χ1n) is 9.04. The summed E-state index contributed by atoms with van der Waals surface area (Å²) in [4.78, 5) is 16.0. The summed E-state index contributed by atoms with van der Waals surface area (Å²) in [6.45, 7) is 3.80. The van der Waals surface area contributed by atoms with Crippen molar-refractivity contribution >= 4 is 5.91 Å². The van der Waals surface area contributed by atoms with Crippen LogP contribution in [0.1, 0.15) is 51.4 Å². The third kappa shape index (κ3) is 4.21. The van der Waals surface area contributed by atoms with E-state index in [2.05, 4.69) is 4.90 Å². The van der Waals surface area contributed by atoms with Crippen LogP contribution in [0.4, 0.5) is 0 Å². The molecule has 2 aliphatic heterocycles. The van der Waals surface area contributed by atoms with E-state index in [1.54, 1.807) is 0 Å². The molecule has 3 rings (SSSR count). The summed E-state index contributed by atoms with van der Waals surface area (Å²) in [5, 5.41) is 10.5. The smallest absolute Gasteiger partial charge is 0.222 e. The highest BCUT2D eigenvalue weighted by atomic mass is 16.5. The average Bonchev–Trinajstić information content (AvgIpc) is 3.22. The number of ether oxygens (including phenoxy) is 1. The van der Waals surface area contributed by atoms with Crippen LogP contribution in [0.15, 0.2) is 0 Å². The molecular weight excluding hydrogens is 280 g/mol. The van der Waals surface area contributed by atoms with Crippen LogP contribution < -0.4 is 0 Å². The molecule has 1 aliphatic carbocycles. The number of β-amino-alcohol motifs (C(OH)–C–C–N with tert-alkyl or cyclic N) is 1. The summed E-state index contributed by atoms with van der Waals surface area (Å²) >= 11 is 0. The van der Waals surface area contributed by atoms with Gasteiger partial charge in [0.2, 0.25) is 5.91 Å². The van der Waals surface area contributed by atoms with Gasteiger partial charge in [0.1, 0.15) is 0 Å². The molecule has 2 atom stereocenters. The van der Waals surface area contributed by atoms with Crippen LogP contribution in [0.5, 0.6) is 0 Å². The molecule has 0 aromatic heterocycles. The fourth-order valence-electron chi connectivity index (χ4n) is 4.17. The van der Waals surface area contributed by atoms with Gasteiger partial charge in [-0.25, -0.2) is 0 Å². The highest BCUT2D eigenvalue weighted by Crippen LogP contribution is 2.25. The lowest BCUT2D eigenvalue weighted by molar-refractivity contribution is -0.129. The number of aliphatic hydroxyl groups excluding tert-OH is 1. The predicted octanol–water partition coefficient (Wildman–Crippen LogP) is 1.39. The molecule has 3 fully saturated rings. The van der Waals surface area contributed by atoms with Gasteiger partial charge in [-0.3, -0.25) is 9.69 Å². The molecule has 1 amide bonds. The molecule has 22 heavy (non-hydrogen) atoms. The SMILES string of the molecule is O=C1CCCN1CC(O)CN(CC1CCCO1)C1CCCC1. The second kappa shape index (κ2) is 7.75. The maximum Gasteiger partial charge on any atom is 0.222 e. The first-order chi connectivity index (χ1) is 10.7. The first-order valence-corrected chi connectivity index (χ1v) is 9.04. The fourth-order valence-corrected chi connectivity index (χ4v) is 4.17. The van der Waals surface area contributed by atoms with Gasteiger partial charge in [0.15, 0.2) is 0 Å². The molecular formula is C17H30N2O3. The van der Waals surface area contributed by atoms with Crippen LogP contribution in [0, 0.1) is 0 Å². The predicted molar refractivity (Wildman–Crippen MR) is 84.6 cm³/mol. The maximum absolute atomic E-state index is 11.7. The van der Waals surface area contributed by atoms with Gasteiger partial charge in [0, 0.05) is 45.2 Å². The van der Waals surface area contributed by atoms with Crippen molar-refractivity contribution in [3.8, 4) is 0 Å². The Hall–Kier alpha value is -0.650. The lowest BCUT2D eigenvalue weighted by Gasteiger charge is -2.33. The first kappa shape index (κ1) is 16.2. The Kier molecular flexibility index (Phi) is 5.71. The Labute approximate surface area is 133 Å². The van der Waals surface area contributed by atoms with E-state index in [0.29, 0.717) is 31.7 Å². The van der Waals surface area contributed by atoms with Crippen molar-refractivity contribution in [2.75, 3.05) is 32.8 Å². The Morgan fingerprint density at radius 3 is 2.68 bits per heavy atom. The van der Waals surface area contributed by atoms with Crippen LogP contribution in [-0.4, -0.2) is 71.8 Å². The van der Waals surface area contributed by atoms with Crippen LogP contribution in [0.2, 0.25) is 0 Å². The molecule has 5 heteroatoms. The number of hydrogen-bond acceptors (Lipinski definition) is 4. The van der Waals surface area contributed by atoms with E-state index in [1.165, 1.54) is 25.7 Å². The number of amides is 1. The number of likely N-dealkylation sites (tertiary alicyclic amines) is 1. The van der Waals surface area contributed by atoms with Crippen molar-refractivity contribution in [3.63, 3.8) is 0 Å². The second-order valence-corrected chi connectivity index (χ2v) is 7.12. The zero-order chi connectivity index (χ0) is 15.4. The van der Waals surface area contributed by atoms with Crippen molar-refractivity contribution in [2.24, 2.45) is 0 Å². The average molecular weight is 310 g/mol. The summed E-state index contributed by atoms with van der Waals surface area (Å²) in [5.41, 5.74) is 0. The lowest BCUT2D eigenvalue weighted by Crippen LogP contribution is -2.46. The lowest BCUT2D eigenvalue weighted by atomic mass is 10.1. The summed E-state index contributed by atoms with van der Waals surface area (Å²) in [6, 6.07) is 0.591. The topological polar surface area (TPSA) is 53.0 Å². The van der Waals surface area contributed by atoms with Gasteiger partial charge in [0.05, 0.1) is 12.2 Å². The van der Waals surface area contributed by atoms with E-state index in [4.69, 9.17) is 4.74 Å². The molecule has 0 bridgehead atoms. The summed E-state index contributed by atoms with van der Waals surface area (Å²) < 4.78 is 5.79. The largest absolute Gasteiger partial charge is 0.390 e. The maximum atomic E-state index is 11.7. The molecule has 2 unspecified atom stereocenters. The minimum absolute atomic E-state index is 0.200. The molecule has 0 aromatic rings. The zero-order valence-corrected chi connectivity index (χ0v) is 13.6. The molecule has 126 valence electrons. The van der Waals surface area contributed by atoms with Gasteiger partial charge in [-0.15, -0.1) is 0 Å². The summed E-state index contributed by atoms with van der Waals surface area (Å²) in [5.74, 6) is 0.200. The molecule has 0 radical (unpaired) electrons. The fraction of sp³-hybridized carbons (Fsp3) is 0.941. The Balaban J connectivity index is 1.52. The molecule has 0 aromatic carbocycles. The Bertz CT molecular complexity index is 365. The normalized spacial score (nSPS) is 28.2. The number of carbonyl (C=O) groups is 1. The Morgan fingerprint density at radius 2 is 2.05 bits per heavy atom. The highest BCUT2D eigenvalue weighted by Gasteiger charge is 2.30. The van der Waals surface area contributed by atoms with Crippen LogP contribution in [-0.2, 0) is 9.53 Å². The van der Waals surface area contributed by atoms with Gasteiger partial charge in [-0.05, 0) is 32.1 Å². The van der Waals surface area contributed by atoms with Crippen molar-refractivity contribution in [2.45, 2.75) is 69.6 Å². The van der Waals surface area contributed by atoms with E-state index in [0.717, 1.165) is 39.0 Å². The molecule has 1 N–H and O–H groups in total. The molecule has 0 spiro atoms. The standard InChI is InChI=1S/C17H30N2O3/c20-15(11-18-9-3-8-17(18)21)12-19(14-5-1-2-6-14)13-16-7-4-10-22-16/h14-16,20H,1-13H2. The van der Waals surface area contributed by atoms with Crippen molar-refractivity contribution in [3.05, 3.63) is 0 Å². The van der Waals surface area contributed by atoms with Gasteiger partial charge in [-0.1, -0.05) is 12.8 Å². The van der Waals surface area contributed by atoms with Crippen molar-refractivity contribution in [1.29, 1.82) is 0 Å². The van der Waals surface area contributed by atoms with E-state index in [1.807, 2.05) is 4.90 Å². The summed E-state index contributed by atoms with van der Waals surface area (Å²) in [7, 11) is 0. The van der Waals surface area contributed by atoms with Crippen LogP contribution >= 0.6 is 0 Å². The third-order valence-electron chi connectivity index (χ3n) is 5.35. The van der Waals surface area contributed by atoms with E-state index in [-0.39, 0.29) is 5.91 Å². The van der Waals surface area contributed by atoms with E-state index >= 15 is 0 Å².